The molecule has 0 aromatic heterocycles. The summed E-state index contributed by atoms with van der Waals surface area (Å²) >= 11 is 6.27. The van der Waals surface area contributed by atoms with Gasteiger partial charge in [-0.3, -0.25) is 28.3 Å². The summed E-state index contributed by atoms with van der Waals surface area (Å²) in [6, 6.07) is 15.1. The molecule has 0 saturated carbocycles. The molecule has 1 aliphatic heterocycles. The fraction of sp³-hybridized carbons (Fsp3) is 0.789. The Hall–Kier alpha value is -1.16. The van der Waals surface area contributed by atoms with Crippen LogP contribution in [0.3, 0.4) is 0 Å². The number of esters is 4. The van der Waals surface area contributed by atoms with Gasteiger partial charge in [0.15, 0.2) is 12.2 Å². The molecule has 0 bridgehead atoms. The fourth-order valence-electron chi connectivity index (χ4n) is 11.6. The number of rotatable bonds is 62. The van der Waals surface area contributed by atoms with E-state index < -0.39 is 97.5 Å². The van der Waals surface area contributed by atoms with Crippen LogP contribution in [-0.2, 0) is 78.2 Å². The van der Waals surface area contributed by atoms with Gasteiger partial charge in [0.1, 0.15) is 19.3 Å². The van der Waals surface area contributed by atoms with Gasteiger partial charge in [0.2, 0.25) is 0 Å². The molecule has 0 amide bonds. The van der Waals surface area contributed by atoms with Crippen molar-refractivity contribution < 1.29 is 139 Å². The minimum atomic E-state index is -5.20. The van der Waals surface area contributed by atoms with Crippen molar-refractivity contribution in [2.45, 2.75) is 322 Å². The molecule has 2 aromatic rings. The second-order valence-electron chi connectivity index (χ2n) is 26.8. The second kappa shape index (κ2) is 67.0. The Balaban J connectivity index is 0. The number of aliphatic hydroxyl groups is 1. The van der Waals surface area contributed by atoms with E-state index in [0.29, 0.717) is 25.7 Å². The molecule has 0 spiro atoms. The van der Waals surface area contributed by atoms with E-state index in [1.54, 1.807) is 0 Å². The SMILES string of the molecule is CCCCCCCCCCCC(=O)OCC(COP(=O)([O-])OCC(O)COP(=O)([O-])OCC(COC(=O)CCCCCCCCCCC)OC(=O)CCCCCCCCCCC)OC(=O)CCCCCCCCCCC.CN(C)CCCN1c2ccccc2CCc2ccc(Cl)cc21.Cl.[Na+].[Na+]. The van der Waals surface area contributed by atoms with E-state index in [0.717, 1.165) is 140 Å². The molecule has 2 aromatic carbocycles. The molecule has 1 heterocycles. The average molecular weight is 1520 g/mol. The number of hydrogen-bond donors (Lipinski definition) is 1. The summed E-state index contributed by atoms with van der Waals surface area (Å²) < 4.78 is 66.7. The topological polar surface area (TPSA) is 249 Å². The van der Waals surface area contributed by atoms with Crippen LogP contribution in [0.4, 0.5) is 11.4 Å². The number of aliphatic hydroxyl groups excluding tert-OH is 1. The van der Waals surface area contributed by atoms with Crippen molar-refractivity contribution in [3.05, 3.63) is 58.6 Å². The predicted molar refractivity (Wildman–Crippen MR) is 397 cm³/mol. The van der Waals surface area contributed by atoms with Gasteiger partial charge in [0, 0.05) is 48.6 Å². The van der Waals surface area contributed by atoms with Crippen LogP contribution in [0.1, 0.15) is 302 Å². The molecule has 25 heteroatoms. The number of hydrogen-bond acceptors (Lipinski definition) is 19. The number of phosphoric ester groups is 2. The third-order valence-electron chi connectivity index (χ3n) is 17.4. The number of carbonyl (C=O) groups excluding carboxylic acids is 4. The minimum Gasteiger partial charge on any atom is -0.756 e. The third-order valence-corrected chi connectivity index (χ3v) is 19.4. The summed E-state index contributed by atoms with van der Waals surface area (Å²) in [5.41, 5.74) is 5.43. The average Bonchev–Trinajstić information content (AvgIpc) is 1.79. The van der Waals surface area contributed by atoms with Crippen molar-refractivity contribution in [3.8, 4) is 0 Å². The number of carbonyl (C=O) groups is 4. The first-order valence-corrected chi connectivity index (χ1v) is 41.5. The molecular weight excluding hydrogens is 1390 g/mol. The molecule has 3 rings (SSSR count). The van der Waals surface area contributed by atoms with Gasteiger partial charge in [-0.2, -0.15) is 0 Å². The largest absolute Gasteiger partial charge is 1.00 e. The van der Waals surface area contributed by atoms with Crippen molar-refractivity contribution in [1.29, 1.82) is 0 Å². The molecule has 4 unspecified atom stereocenters. The molecule has 0 radical (unpaired) electrons. The monoisotopic (exact) mass is 1520 g/mol. The van der Waals surface area contributed by atoms with Gasteiger partial charge in [-0.05, 0) is 94.9 Å². The summed E-state index contributed by atoms with van der Waals surface area (Å²) in [6.07, 6.45) is 37.5. The molecule has 4 atom stereocenters. The van der Waals surface area contributed by atoms with E-state index in [1.807, 2.05) is 6.07 Å². The Morgan fingerprint density at radius 2 is 0.772 bits per heavy atom. The number of ether oxygens (including phenoxy) is 4. The van der Waals surface area contributed by atoms with Crippen LogP contribution in [0, 0.1) is 0 Å². The molecule has 0 aliphatic carbocycles. The maximum absolute atomic E-state index is 12.8. The summed E-state index contributed by atoms with van der Waals surface area (Å²) in [7, 11) is -6.14. The number of halogens is 2. The van der Waals surface area contributed by atoms with Crippen molar-refractivity contribution >= 4 is 74.9 Å². The first-order valence-electron chi connectivity index (χ1n) is 38.2. The van der Waals surface area contributed by atoms with E-state index in [2.05, 4.69) is 88.0 Å². The Labute approximate surface area is 666 Å². The molecule has 101 heavy (non-hydrogen) atoms. The summed E-state index contributed by atoms with van der Waals surface area (Å²) in [5.74, 6) is -2.24. The van der Waals surface area contributed by atoms with E-state index >= 15 is 0 Å². The molecular formula is C76H132Cl2N2Na2O17P2. The third kappa shape index (κ3) is 56.7. The zero-order chi connectivity index (χ0) is 71.8. The first-order chi connectivity index (χ1) is 47.3. The predicted octanol–water partition coefficient (Wildman–Crippen LogP) is 12.9. The fourth-order valence-corrected chi connectivity index (χ4v) is 13.3. The quantitative estimate of drug-likeness (QED) is 0.0212. The normalized spacial score (nSPS) is 13.8. The van der Waals surface area contributed by atoms with Gasteiger partial charge in [-0.15, -0.1) is 12.4 Å². The first kappa shape index (κ1) is 102. The van der Waals surface area contributed by atoms with Crippen molar-refractivity contribution in [3.63, 3.8) is 0 Å². The van der Waals surface area contributed by atoms with E-state index in [9.17, 15) is 43.2 Å². The second-order valence-corrected chi connectivity index (χ2v) is 30.1. The molecule has 1 N–H and O–H groups in total. The molecule has 0 saturated heterocycles. The van der Waals surface area contributed by atoms with Crippen LogP contribution in [0.15, 0.2) is 42.5 Å². The van der Waals surface area contributed by atoms with Gasteiger partial charge in [-0.1, -0.05) is 269 Å². The molecule has 0 fully saturated rings. The number of nitrogens with zero attached hydrogens (tertiary/aromatic N) is 2. The Kier molecular flexibility index (Phi) is 67.6. The summed E-state index contributed by atoms with van der Waals surface area (Å²) in [5, 5.41) is 11.2. The number of aryl methyl sites for hydroxylation is 2. The number of phosphoric acid groups is 2. The van der Waals surface area contributed by atoms with Gasteiger partial charge in [-0.25, -0.2) is 0 Å². The van der Waals surface area contributed by atoms with Crippen LogP contribution in [-0.4, -0.2) is 119 Å². The van der Waals surface area contributed by atoms with Crippen molar-refractivity contribution in [2.75, 3.05) is 71.7 Å². The smallest absolute Gasteiger partial charge is 0.756 e. The Morgan fingerprint density at radius 3 is 1.13 bits per heavy atom. The van der Waals surface area contributed by atoms with Crippen LogP contribution < -0.4 is 73.8 Å². The molecule has 1 aliphatic rings. The standard InChI is InChI=1S/C57H110O17P2.C19H23ClN2.ClH.2Na/c1-5-9-13-17-21-25-29-33-37-41-54(59)67-47-52(73-56(61)43-39-35-31-27-23-19-15-11-7-3)49-71-75(63,64)69-45-51(58)46-70-76(65,66)72-50-53(74-57(62)44-40-36-32-28-24-20-16-12-8-4)48-68-55(60)42-38-34-30-26-22-18-14-10-6-2;1-21(2)12-5-13-22-18-7-4-3-6-15(18)8-9-16-10-11-17(20)14-19(16)22;;;/h51-53,58H,5-50H2,1-4H3,(H,63,64)(H,65,66);3-4,6-7,10-11,14H,5,8-9,12-13H2,1-2H3;1H;;/q;;;2*+1/p-2. The van der Waals surface area contributed by atoms with Gasteiger partial charge in [0.25, 0.3) is 15.6 Å². The van der Waals surface area contributed by atoms with Gasteiger partial charge in [0.05, 0.1) is 26.4 Å². The van der Waals surface area contributed by atoms with Crippen LogP contribution in [0.2, 0.25) is 5.02 Å². The maximum atomic E-state index is 12.8. The van der Waals surface area contributed by atoms with Crippen LogP contribution in [0.25, 0.3) is 0 Å². The number of benzene rings is 2. The summed E-state index contributed by atoms with van der Waals surface area (Å²) in [6.45, 7) is 6.47. The Morgan fingerprint density at radius 1 is 0.455 bits per heavy atom. The van der Waals surface area contributed by atoms with Crippen molar-refractivity contribution in [1.82, 2.24) is 4.90 Å². The number of unbranched alkanes of at least 4 members (excludes halogenated alkanes) is 32. The van der Waals surface area contributed by atoms with Crippen LogP contribution in [0.5, 0.6) is 0 Å². The number of fused-ring (bicyclic) bond motifs is 2. The van der Waals surface area contributed by atoms with Gasteiger partial charge < -0.3 is 61.7 Å². The zero-order valence-electron chi connectivity index (χ0n) is 63.9. The molecule has 574 valence electrons. The van der Waals surface area contributed by atoms with Crippen molar-refractivity contribution in [2.24, 2.45) is 0 Å². The van der Waals surface area contributed by atoms with E-state index in [4.69, 9.17) is 48.6 Å². The van der Waals surface area contributed by atoms with Crippen LogP contribution >= 0.6 is 39.7 Å². The number of para-hydroxylation sites is 1. The maximum Gasteiger partial charge on any atom is 1.00 e. The van der Waals surface area contributed by atoms with E-state index in [-0.39, 0.29) is 97.2 Å². The zero-order valence-corrected chi connectivity index (χ0v) is 71.3. The van der Waals surface area contributed by atoms with E-state index in [1.165, 1.54) is 125 Å². The van der Waals surface area contributed by atoms with Gasteiger partial charge >= 0.3 is 83.0 Å². The summed E-state index contributed by atoms with van der Waals surface area (Å²) in [4.78, 5) is 80.9. The molecule has 19 nitrogen and oxygen atoms in total. The Bertz CT molecular complexity index is 2370. The number of anilines is 2. The minimum absolute atomic E-state index is 0.